The molecule has 0 spiro atoms. The number of carbonyl (C=O) groups excluding carboxylic acids is 1. The lowest BCUT2D eigenvalue weighted by Crippen LogP contribution is -2.48. The molecule has 0 aliphatic rings. The fourth-order valence-corrected chi connectivity index (χ4v) is 4.81. The van der Waals surface area contributed by atoms with Gasteiger partial charge in [-0.15, -0.1) is 0 Å². The first-order valence-electron chi connectivity index (χ1n) is 11.1. The van der Waals surface area contributed by atoms with Crippen molar-refractivity contribution in [1.82, 2.24) is 29.8 Å². The van der Waals surface area contributed by atoms with Gasteiger partial charge in [-0.05, 0) is 30.7 Å². The quantitative estimate of drug-likeness (QED) is 0.178. The van der Waals surface area contributed by atoms with Gasteiger partial charge in [0, 0.05) is 37.4 Å². The molecule has 1 atom stereocenters. The van der Waals surface area contributed by atoms with E-state index in [1.165, 1.54) is 24.3 Å². The summed E-state index contributed by atoms with van der Waals surface area (Å²) in [7, 11) is -4.08. The van der Waals surface area contributed by atoms with Crippen molar-refractivity contribution >= 4 is 38.8 Å². The number of sulfonamides is 1. The topological polar surface area (TPSA) is 171 Å². The Labute approximate surface area is 206 Å². The van der Waals surface area contributed by atoms with E-state index in [4.69, 9.17) is 0 Å². The van der Waals surface area contributed by atoms with Gasteiger partial charge in [0.2, 0.25) is 10.0 Å². The summed E-state index contributed by atoms with van der Waals surface area (Å²) in [6, 6.07) is 11.0. The van der Waals surface area contributed by atoms with E-state index in [0.29, 0.717) is 30.0 Å². The Kier molecular flexibility index (Phi) is 7.61. The molecule has 0 saturated heterocycles. The van der Waals surface area contributed by atoms with Crippen LogP contribution in [0.15, 0.2) is 72.0 Å². The van der Waals surface area contributed by atoms with Gasteiger partial charge in [-0.1, -0.05) is 24.3 Å². The SMILES string of the molecule is O=C(NCC(NS(=O)(=O)c1ccccc1)C(=O)O)c1cccc2c1cnn2CCCNc1ncc[nH]1. The highest BCUT2D eigenvalue weighted by Gasteiger charge is 2.26. The van der Waals surface area contributed by atoms with Crippen LogP contribution in [0, 0.1) is 0 Å². The van der Waals surface area contributed by atoms with Gasteiger partial charge in [0.1, 0.15) is 6.04 Å². The highest BCUT2D eigenvalue weighted by molar-refractivity contribution is 7.89. The highest BCUT2D eigenvalue weighted by atomic mass is 32.2. The first-order chi connectivity index (χ1) is 17.3. The molecule has 2 aromatic heterocycles. The second-order valence-electron chi connectivity index (χ2n) is 7.86. The molecule has 4 aromatic rings. The van der Waals surface area contributed by atoms with Crippen molar-refractivity contribution in [1.29, 1.82) is 0 Å². The minimum absolute atomic E-state index is 0.0703. The number of aromatic amines is 1. The Morgan fingerprint density at radius 1 is 1.11 bits per heavy atom. The predicted molar refractivity (Wildman–Crippen MR) is 132 cm³/mol. The maximum Gasteiger partial charge on any atom is 0.323 e. The third-order valence-corrected chi connectivity index (χ3v) is 6.87. The number of hydrogen-bond acceptors (Lipinski definition) is 7. The molecule has 0 aliphatic heterocycles. The fourth-order valence-electron chi connectivity index (χ4n) is 3.60. The molecule has 0 saturated carbocycles. The van der Waals surface area contributed by atoms with Gasteiger partial charge in [-0.3, -0.25) is 14.3 Å². The second-order valence-corrected chi connectivity index (χ2v) is 9.57. The van der Waals surface area contributed by atoms with E-state index in [1.54, 1.807) is 41.5 Å². The Hall–Kier alpha value is -4.23. The van der Waals surface area contributed by atoms with E-state index in [0.717, 1.165) is 11.9 Å². The molecule has 0 aliphatic carbocycles. The smallest absolute Gasteiger partial charge is 0.323 e. The lowest BCUT2D eigenvalue weighted by molar-refractivity contribution is -0.138. The average molecular weight is 512 g/mol. The highest BCUT2D eigenvalue weighted by Crippen LogP contribution is 2.19. The van der Waals surface area contributed by atoms with Crippen molar-refractivity contribution in [2.75, 3.05) is 18.4 Å². The number of fused-ring (bicyclic) bond motifs is 1. The van der Waals surface area contributed by atoms with Crippen LogP contribution < -0.4 is 15.4 Å². The molecular formula is C23H25N7O5S. The number of anilines is 1. The zero-order valence-corrected chi connectivity index (χ0v) is 19.9. The number of aryl methyl sites for hydroxylation is 1. The van der Waals surface area contributed by atoms with Crippen LogP contribution in [0.25, 0.3) is 10.9 Å². The number of H-pyrrole nitrogens is 1. The molecule has 13 heteroatoms. The molecule has 0 radical (unpaired) electrons. The molecule has 2 aromatic carbocycles. The molecule has 1 amide bonds. The number of carbonyl (C=O) groups is 2. The largest absolute Gasteiger partial charge is 0.480 e. The van der Waals surface area contributed by atoms with Crippen molar-refractivity contribution in [2.24, 2.45) is 0 Å². The average Bonchev–Trinajstić information content (AvgIpc) is 3.54. The van der Waals surface area contributed by atoms with Crippen molar-refractivity contribution in [3.63, 3.8) is 0 Å². The summed E-state index contributed by atoms with van der Waals surface area (Å²) >= 11 is 0. The molecule has 5 N–H and O–H groups in total. The zero-order chi connectivity index (χ0) is 25.5. The normalized spacial score (nSPS) is 12.3. The second kappa shape index (κ2) is 11.0. The van der Waals surface area contributed by atoms with Crippen LogP contribution in [0.1, 0.15) is 16.8 Å². The summed E-state index contributed by atoms with van der Waals surface area (Å²) in [6.45, 7) is 0.832. The number of nitrogens with one attached hydrogen (secondary N) is 4. The van der Waals surface area contributed by atoms with E-state index < -0.39 is 34.5 Å². The summed E-state index contributed by atoms with van der Waals surface area (Å²) in [6.07, 6.45) is 5.73. The van der Waals surface area contributed by atoms with E-state index in [-0.39, 0.29) is 4.90 Å². The molecule has 2 heterocycles. The van der Waals surface area contributed by atoms with Gasteiger partial charge < -0.3 is 20.7 Å². The summed E-state index contributed by atoms with van der Waals surface area (Å²) in [5.74, 6) is -1.27. The molecule has 12 nitrogen and oxygen atoms in total. The molecule has 36 heavy (non-hydrogen) atoms. The Balaban J connectivity index is 1.39. The van der Waals surface area contributed by atoms with Crippen LogP contribution in [-0.2, 0) is 21.4 Å². The van der Waals surface area contributed by atoms with Crippen LogP contribution >= 0.6 is 0 Å². The fraction of sp³-hybridized carbons (Fsp3) is 0.217. The van der Waals surface area contributed by atoms with Gasteiger partial charge >= 0.3 is 5.97 Å². The number of carboxylic acid groups (broad SMARTS) is 1. The minimum atomic E-state index is -4.08. The van der Waals surface area contributed by atoms with Gasteiger partial charge in [0.15, 0.2) is 5.95 Å². The number of imidazole rings is 1. The van der Waals surface area contributed by atoms with Crippen molar-refractivity contribution in [3.8, 4) is 0 Å². The molecular weight excluding hydrogens is 486 g/mol. The van der Waals surface area contributed by atoms with Gasteiger partial charge in [-0.2, -0.15) is 9.82 Å². The molecule has 4 rings (SSSR count). The van der Waals surface area contributed by atoms with Crippen molar-refractivity contribution < 1.29 is 23.1 Å². The third kappa shape index (κ3) is 5.87. The van der Waals surface area contributed by atoms with E-state index in [9.17, 15) is 23.1 Å². The van der Waals surface area contributed by atoms with Crippen LogP contribution in [0.2, 0.25) is 0 Å². The van der Waals surface area contributed by atoms with Gasteiger partial charge in [0.25, 0.3) is 5.91 Å². The van der Waals surface area contributed by atoms with E-state index in [2.05, 4.69) is 30.4 Å². The Morgan fingerprint density at radius 3 is 2.64 bits per heavy atom. The first kappa shape index (κ1) is 24.9. The number of hydrogen-bond donors (Lipinski definition) is 5. The third-order valence-electron chi connectivity index (χ3n) is 5.39. The lowest BCUT2D eigenvalue weighted by Gasteiger charge is -2.16. The van der Waals surface area contributed by atoms with Crippen LogP contribution in [0.5, 0.6) is 0 Å². The lowest BCUT2D eigenvalue weighted by atomic mass is 10.1. The van der Waals surface area contributed by atoms with Crippen molar-refractivity contribution in [2.45, 2.75) is 23.9 Å². The maximum absolute atomic E-state index is 12.9. The summed E-state index contributed by atoms with van der Waals surface area (Å²) in [5.41, 5.74) is 1.06. The number of aliphatic carboxylic acids is 1. The number of aromatic nitrogens is 4. The zero-order valence-electron chi connectivity index (χ0n) is 19.1. The molecule has 188 valence electrons. The summed E-state index contributed by atoms with van der Waals surface area (Å²) in [4.78, 5) is 31.5. The number of rotatable bonds is 12. The monoisotopic (exact) mass is 511 g/mol. The summed E-state index contributed by atoms with van der Waals surface area (Å²) in [5, 5.41) is 20.2. The minimum Gasteiger partial charge on any atom is -0.480 e. The molecule has 0 bridgehead atoms. The maximum atomic E-state index is 12.9. The van der Waals surface area contributed by atoms with E-state index >= 15 is 0 Å². The number of benzene rings is 2. The molecule has 0 fully saturated rings. The standard InChI is InChI=1S/C23H25N7O5S/c31-21(27-15-19(22(32)33)29-36(34,35)16-6-2-1-3-7-16)17-8-4-9-20-18(17)14-28-30(20)13-5-10-24-23-25-11-12-26-23/h1-4,6-9,11-12,14,19,29H,5,10,13,15H2,(H,27,31)(H,32,33)(H2,24,25,26). The number of carboxylic acids is 1. The van der Waals surface area contributed by atoms with Crippen LogP contribution in [0.4, 0.5) is 5.95 Å². The Bertz CT molecular complexity index is 1440. The molecule has 1 unspecified atom stereocenters. The van der Waals surface area contributed by atoms with E-state index in [1.807, 2.05) is 6.07 Å². The van der Waals surface area contributed by atoms with Crippen molar-refractivity contribution in [3.05, 3.63) is 72.7 Å². The predicted octanol–water partition coefficient (Wildman–Crippen LogP) is 1.42. The number of nitrogens with zero attached hydrogens (tertiary/aromatic N) is 3. The summed E-state index contributed by atoms with van der Waals surface area (Å²) < 4.78 is 28.9. The van der Waals surface area contributed by atoms with Gasteiger partial charge in [0.05, 0.1) is 22.2 Å². The van der Waals surface area contributed by atoms with Crippen LogP contribution in [-0.4, -0.2) is 64.3 Å². The first-order valence-corrected chi connectivity index (χ1v) is 12.6. The van der Waals surface area contributed by atoms with Gasteiger partial charge in [-0.25, -0.2) is 13.4 Å². The number of amides is 1. The Morgan fingerprint density at radius 2 is 1.92 bits per heavy atom. The van der Waals surface area contributed by atoms with Crippen LogP contribution in [0.3, 0.4) is 0 Å².